The van der Waals surface area contributed by atoms with E-state index in [4.69, 9.17) is 4.74 Å². The fraction of sp³-hybridized carbons (Fsp3) is 0.267. The molecule has 1 aliphatic rings. The summed E-state index contributed by atoms with van der Waals surface area (Å²) in [5.74, 6) is -0.406. The van der Waals surface area contributed by atoms with Gasteiger partial charge in [0.2, 0.25) is 11.8 Å². The third-order valence-corrected chi connectivity index (χ3v) is 4.65. The molecule has 1 N–H and O–H groups in total. The number of benzene rings is 1. The van der Waals surface area contributed by atoms with E-state index >= 15 is 0 Å². The first-order valence-electron chi connectivity index (χ1n) is 7.33. The van der Waals surface area contributed by atoms with Gasteiger partial charge in [-0.1, -0.05) is 0 Å². The summed E-state index contributed by atoms with van der Waals surface area (Å²) in [6.07, 6.45) is 1.16. The predicted molar refractivity (Wildman–Crippen MR) is 90.9 cm³/mol. The predicted octanol–water partition coefficient (Wildman–Crippen LogP) is 2.05. The molecule has 9 nitrogen and oxygen atoms in total. The Labute approximate surface area is 146 Å². The first kappa shape index (κ1) is 16.8. The number of carbonyl (C=O) groups is 2. The van der Waals surface area contributed by atoms with Gasteiger partial charge in [0.05, 0.1) is 18.0 Å². The molecule has 1 atom stereocenters. The molecule has 0 aliphatic carbocycles. The molecule has 1 aromatic carbocycles. The smallest absolute Gasteiger partial charge is 0.345 e. The van der Waals surface area contributed by atoms with Crippen molar-refractivity contribution in [3.8, 4) is 5.75 Å². The first-order chi connectivity index (χ1) is 12.0. The van der Waals surface area contributed by atoms with Crippen molar-refractivity contribution in [2.24, 2.45) is 5.92 Å². The van der Waals surface area contributed by atoms with Gasteiger partial charge < -0.3 is 15.0 Å². The van der Waals surface area contributed by atoms with Crippen LogP contribution in [0.5, 0.6) is 5.75 Å². The molecule has 0 saturated carbocycles. The van der Waals surface area contributed by atoms with Crippen molar-refractivity contribution in [2.75, 3.05) is 23.9 Å². The Morgan fingerprint density at radius 2 is 2.16 bits per heavy atom. The molecule has 0 spiro atoms. The third kappa shape index (κ3) is 3.58. The molecule has 1 aromatic heterocycles. The number of methoxy groups -OCH3 is 1. The van der Waals surface area contributed by atoms with Crippen molar-refractivity contribution in [2.45, 2.75) is 6.42 Å². The van der Waals surface area contributed by atoms with Crippen LogP contribution in [-0.4, -0.2) is 35.4 Å². The quantitative estimate of drug-likeness (QED) is 0.643. The lowest BCUT2D eigenvalue weighted by atomic mass is 10.1. The minimum absolute atomic E-state index is 0.0747. The van der Waals surface area contributed by atoms with E-state index in [0.29, 0.717) is 11.4 Å². The number of hydrogen-bond acceptors (Lipinski definition) is 7. The lowest BCUT2D eigenvalue weighted by Crippen LogP contribution is -2.28. The van der Waals surface area contributed by atoms with E-state index < -0.39 is 10.8 Å². The second-order valence-corrected chi connectivity index (χ2v) is 6.36. The molecule has 2 heterocycles. The van der Waals surface area contributed by atoms with Gasteiger partial charge in [-0.3, -0.25) is 19.7 Å². The monoisotopic (exact) mass is 362 g/mol. The summed E-state index contributed by atoms with van der Waals surface area (Å²) in [6.45, 7) is 0.241. The number of aromatic nitrogens is 1. The summed E-state index contributed by atoms with van der Waals surface area (Å²) in [7, 11) is 1.55. The summed E-state index contributed by atoms with van der Waals surface area (Å²) in [5, 5.41) is 13.2. The van der Waals surface area contributed by atoms with Crippen LogP contribution in [0.2, 0.25) is 0 Å². The van der Waals surface area contributed by atoms with Crippen LogP contribution in [0.15, 0.2) is 30.5 Å². The van der Waals surface area contributed by atoms with Gasteiger partial charge in [-0.25, -0.2) is 4.98 Å². The lowest BCUT2D eigenvalue weighted by molar-refractivity contribution is -0.380. The molecule has 3 rings (SSSR count). The van der Waals surface area contributed by atoms with Crippen LogP contribution in [0.25, 0.3) is 0 Å². The van der Waals surface area contributed by atoms with Gasteiger partial charge in [0.15, 0.2) is 5.13 Å². The van der Waals surface area contributed by atoms with Gasteiger partial charge >= 0.3 is 5.00 Å². The number of rotatable bonds is 5. The highest BCUT2D eigenvalue weighted by Gasteiger charge is 2.35. The summed E-state index contributed by atoms with van der Waals surface area (Å²) in [6, 6.07) is 6.98. The zero-order chi connectivity index (χ0) is 18.0. The van der Waals surface area contributed by atoms with Gasteiger partial charge in [-0.05, 0) is 35.6 Å². The van der Waals surface area contributed by atoms with Gasteiger partial charge in [0, 0.05) is 18.7 Å². The largest absolute Gasteiger partial charge is 0.497 e. The number of thiazole rings is 1. The maximum Gasteiger partial charge on any atom is 0.345 e. The van der Waals surface area contributed by atoms with Gasteiger partial charge in [0.25, 0.3) is 0 Å². The zero-order valence-corrected chi connectivity index (χ0v) is 14.0. The van der Waals surface area contributed by atoms with E-state index in [2.05, 4.69) is 10.3 Å². The second-order valence-electron chi connectivity index (χ2n) is 5.35. The van der Waals surface area contributed by atoms with Gasteiger partial charge in [-0.15, -0.1) is 0 Å². The number of nitrogens with zero attached hydrogens (tertiary/aromatic N) is 3. The molecule has 25 heavy (non-hydrogen) atoms. The Bertz CT molecular complexity index is 820. The van der Waals surface area contributed by atoms with Crippen molar-refractivity contribution in [1.82, 2.24) is 4.98 Å². The summed E-state index contributed by atoms with van der Waals surface area (Å²) >= 11 is 0.776. The average Bonchev–Trinajstić information content (AvgIpc) is 3.22. The molecule has 0 radical (unpaired) electrons. The normalized spacial score (nSPS) is 16.8. The summed E-state index contributed by atoms with van der Waals surface area (Å²) < 4.78 is 5.08. The highest BCUT2D eigenvalue weighted by molar-refractivity contribution is 7.18. The van der Waals surface area contributed by atoms with Crippen LogP contribution in [0.3, 0.4) is 0 Å². The van der Waals surface area contributed by atoms with Crippen LogP contribution in [0.1, 0.15) is 6.42 Å². The molecule has 1 unspecified atom stereocenters. The van der Waals surface area contributed by atoms with Crippen LogP contribution in [-0.2, 0) is 9.59 Å². The van der Waals surface area contributed by atoms with Gasteiger partial charge in [-0.2, -0.15) is 0 Å². The van der Waals surface area contributed by atoms with E-state index in [-0.39, 0.29) is 34.9 Å². The van der Waals surface area contributed by atoms with Crippen molar-refractivity contribution in [3.63, 3.8) is 0 Å². The number of amides is 2. The Balaban J connectivity index is 1.66. The summed E-state index contributed by atoms with van der Waals surface area (Å²) in [5.41, 5.74) is 0.686. The molecule has 1 aliphatic heterocycles. The molecular weight excluding hydrogens is 348 g/mol. The third-order valence-electron chi connectivity index (χ3n) is 3.78. The fourth-order valence-corrected chi connectivity index (χ4v) is 3.15. The van der Waals surface area contributed by atoms with Crippen LogP contribution in [0, 0.1) is 16.0 Å². The zero-order valence-electron chi connectivity index (χ0n) is 13.2. The standard InChI is InChI=1S/C15H14N4O5S/c1-24-11-4-2-10(3-5-11)18-8-9(6-12(18)20)14(21)17-15-16-7-13(25-15)19(22)23/h2-5,7,9H,6,8H2,1H3,(H,16,17,21). The number of hydrogen-bond donors (Lipinski definition) is 1. The lowest BCUT2D eigenvalue weighted by Gasteiger charge is -2.16. The fourth-order valence-electron chi connectivity index (χ4n) is 2.51. The van der Waals surface area contributed by atoms with E-state index in [1.807, 2.05) is 0 Å². The van der Waals surface area contributed by atoms with Crippen LogP contribution >= 0.6 is 11.3 Å². The molecule has 2 amide bonds. The topological polar surface area (TPSA) is 115 Å². The molecule has 0 bridgehead atoms. The first-order valence-corrected chi connectivity index (χ1v) is 8.15. The number of nitrogens with one attached hydrogen (secondary N) is 1. The van der Waals surface area contributed by atoms with Crippen LogP contribution in [0.4, 0.5) is 15.8 Å². The van der Waals surface area contributed by atoms with E-state index in [1.54, 1.807) is 31.4 Å². The maximum absolute atomic E-state index is 12.3. The molecular formula is C15H14N4O5S. The average molecular weight is 362 g/mol. The van der Waals surface area contributed by atoms with Crippen LogP contribution < -0.4 is 15.0 Å². The SMILES string of the molecule is COc1ccc(N2CC(C(=O)Nc3ncc([N+](=O)[O-])s3)CC2=O)cc1. The molecule has 10 heteroatoms. The van der Waals surface area contributed by atoms with E-state index in [0.717, 1.165) is 17.5 Å². The Morgan fingerprint density at radius 3 is 2.76 bits per heavy atom. The van der Waals surface area contributed by atoms with Crippen molar-refractivity contribution < 1.29 is 19.2 Å². The Hall–Kier alpha value is -3.01. The highest BCUT2D eigenvalue weighted by Crippen LogP contribution is 2.29. The van der Waals surface area contributed by atoms with Crippen molar-refractivity contribution >= 4 is 39.0 Å². The minimum atomic E-state index is -0.572. The number of nitro groups is 1. The number of ether oxygens (including phenoxy) is 1. The Morgan fingerprint density at radius 1 is 1.44 bits per heavy atom. The van der Waals surface area contributed by atoms with E-state index in [9.17, 15) is 19.7 Å². The van der Waals surface area contributed by atoms with Crippen molar-refractivity contribution in [3.05, 3.63) is 40.6 Å². The van der Waals surface area contributed by atoms with Crippen molar-refractivity contribution in [1.29, 1.82) is 0 Å². The molecule has 130 valence electrons. The minimum Gasteiger partial charge on any atom is -0.497 e. The highest BCUT2D eigenvalue weighted by atomic mass is 32.1. The molecule has 1 saturated heterocycles. The molecule has 1 fully saturated rings. The number of carbonyl (C=O) groups excluding carboxylic acids is 2. The van der Waals surface area contributed by atoms with E-state index in [1.165, 1.54) is 4.90 Å². The number of anilines is 2. The maximum atomic E-state index is 12.3. The Kier molecular flexibility index (Phi) is 4.61. The summed E-state index contributed by atoms with van der Waals surface area (Å²) in [4.78, 5) is 39.9. The second kappa shape index (κ2) is 6.85. The molecule has 2 aromatic rings. The van der Waals surface area contributed by atoms with Gasteiger partial charge in [0.1, 0.15) is 11.9 Å².